The Bertz CT molecular complexity index is 367. The molecule has 0 spiro atoms. The summed E-state index contributed by atoms with van der Waals surface area (Å²) in [5, 5.41) is 5.22. The van der Waals surface area contributed by atoms with Crippen LogP contribution in [-0.2, 0) is 14.3 Å². The molecule has 0 aromatic rings. The van der Waals surface area contributed by atoms with Crippen LogP contribution in [0.3, 0.4) is 0 Å². The fraction of sp³-hybridized carbons (Fsp3) is 0.750. The first-order valence-corrected chi connectivity index (χ1v) is 6.67. The summed E-state index contributed by atoms with van der Waals surface area (Å²) < 4.78 is 4.81. The standard InChI is InChI=1S/C12H21N3O3S/c1-8-5-12(6-8,10(13)19)11(17)15-7-9(16)14-3-4-18-2/h8H,3-7H2,1-2H3,(H2,13,19)(H,14,16)(H,15,17). The number of amides is 2. The number of carbonyl (C=O) groups excluding carboxylic acids is 2. The van der Waals surface area contributed by atoms with Crippen molar-refractivity contribution in [3.63, 3.8) is 0 Å². The van der Waals surface area contributed by atoms with Gasteiger partial charge in [-0.25, -0.2) is 0 Å². The molecule has 0 radical (unpaired) electrons. The highest BCUT2D eigenvalue weighted by molar-refractivity contribution is 7.80. The minimum absolute atomic E-state index is 0.0682. The van der Waals surface area contributed by atoms with Crippen LogP contribution in [0.5, 0.6) is 0 Å². The maximum atomic E-state index is 12.1. The fourth-order valence-electron chi connectivity index (χ4n) is 2.31. The molecule has 2 amide bonds. The molecule has 0 aromatic carbocycles. The third-order valence-corrected chi connectivity index (χ3v) is 3.73. The van der Waals surface area contributed by atoms with Crippen LogP contribution in [0, 0.1) is 11.3 Å². The van der Waals surface area contributed by atoms with Crippen LogP contribution >= 0.6 is 12.2 Å². The highest BCUT2D eigenvalue weighted by atomic mass is 32.1. The van der Waals surface area contributed by atoms with Gasteiger partial charge in [-0.1, -0.05) is 19.1 Å². The quantitative estimate of drug-likeness (QED) is 0.436. The van der Waals surface area contributed by atoms with Crippen molar-refractivity contribution in [2.24, 2.45) is 17.1 Å². The molecule has 7 heteroatoms. The zero-order valence-corrected chi connectivity index (χ0v) is 12.1. The summed E-state index contributed by atoms with van der Waals surface area (Å²) in [7, 11) is 1.55. The largest absolute Gasteiger partial charge is 0.392 e. The second-order valence-electron chi connectivity index (χ2n) is 4.99. The highest BCUT2D eigenvalue weighted by Gasteiger charge is 2.50. The third kappa shape index (κ3) is 3.87. The number of carbonyl (C=O) groups is 2. The molecule has 1 saturated carbocycles. The normalized spacial score (nSPS) is 25.3. The summed E-state index contributed by atoms with van der Waals surface area (Å²) in [6.45, 7) is 2.83. The van der Waals surface area contributed by atoms with Crippen molar-refractivity contribution in [1.29, 1.82) is 0 Å². The lowest BCUT2D eigenvalue weighted by Crippen LogP contribution is -2.57. The maximum absolute atomic E-state index is 12.1. The fourth-order valence-corrected chi connectivity index (χ4v) is 2.57. The van der Waals surface area contributed by atoms with Crippen molar-refractivity contribution in [3.8, 4) is 0 Å². The molecule has 0 heterocycles. The van der Waals surface area contributed by atoms with Gasteiger partial charge < -0.3 is 21.1 Å². The van der Waals surface area contributed by atoms with Gasteiger partial charge in [-0.3, -0.25) is 9.59 Å². The molecular formula is C12H21N3O3S. The topological polar surface area (TPSA) is 93.5 Å². The Hall–Kier alpha value is -1.21. The van der Waals surface area contributed by atoms with Gasteiger partial charge >= 0.3 is 0 Å². The van der Waals surface area contributed by atoms with E-state index in [1.54, 1.807) is 7.11 Å². The van der Waals surface area contributed by atoms with E-state index in [-0.39, 0.29) is 23.3 Å². The van der Waals surface area contributed by atoms with Crippen LogP contribution in [0.15, 0.2) is 0 Å². The average molecular weight is 287 g/mol. The van der Waals surface area contributed by atoms with E-state index in [9.17, 15) is 9.59 Å². The number of hydrogen-bond donors (Lipinski definition) is 3. The van der Waals surface area contributed by atoms with Crippen molar-refractivity contribution in [2.75, 3.05) is 26.8 Å². The first-order valence-electron chi connectivity index (χ1n) is 6.26. The highest BCUT2D eigenvalue weighted by Crippen LogP contribution is 2.45. The Labute approximate surface area is 118 Å². The molecule has 0 bridgehead atoms. The van der Waals surface area contributed by atoms with Gasteiger partial charge in [0.2, 0.25) is 11.8 Å². The number of nitrogens with one attached hydrogen (secondary N) is 2. The van der Waals surface area contributed by atoms with E-state index in [0.717, 1.165) is 0 Å². The molecule has 1 aliphatic rings. The van der Waals surface area contributed by atoms with Crippen molar-refractivity contribution in [1.82, 2.24) is 10.6 Å². The van der Waals surface area contributed by atoms with Crippen LogP contribution in [0.2, 0.25) is 0 Å². The van der Waals surface area contributed by atoms with Gasteiger partial charge in [0.05, 0.1) is 23.6 Å². The maximum Gasteiger partial charge on any atom is 0.239 e. The minimum Gasteiger partial charge on any atom is -0.392 e. The number of methoxy groups -OCH3 is 1. The Balaban J connectivity index is 2.38. The SMILES string of the molecule is COCCNC(=O)CNC(=O)C1(C(N)=S)CC(C)C1. The lowest BCUT2D eigenvalue weighted by molar-refractivity contribution is -0.134. The van der Waals surface area contributed by atoms with Crippen LogP contribution < -0.4 is 16.4 Å². The predicted octanol–water partition coefficient (Wildman–Crippen LogP) is -0.432. The predicted molar refractivity (Wildman–Crippen MR) is 75.5 cm³/mol. The summed E-state index contributed by atoms with van der Waals surface area (Å²) in [4.78, 5) is 23.7. The molecule has 0 atom stereocenters. The van der Waals surface area contributed by atoms with Gasteiger partial charge in [-0.15, -0.1) is 0 Å². The number of ether oxygens (including phenoxy) is 1. The first-order chi connectivity index (χ1) is 8.92. The van der Waals surface area contributed by atoms with Crippen LogP contribution in [0.1, 0.15) is 19.8 Å². The van der Waals surface area contributed by atoms with E-state index in [1.165, 1.54) is 0 Å². The van der Waals surface area contributed by atoms with E-state index in [2.05, 4.69) is 10.6 Å². The van der Waals surface area contributed by atoms with E-state index < -0.39 is 5.41 Å². The van der Waals surface area contributed by atoms with Gasteiger partial charge in [0.25, 0.3) is 0 Å². The molecule has 19 heavy (non-hydrogen) atoms. The number of thiocarbonyl (C=S) groups is 1. The zero-order valence-electron chi connectivity index (χ0n) is 11.3. The summed E-state index contributed by atoms with van der Waals surface area (Å²) in [6, 6.07) is 0. The Morgan fingerprint density at radius 2 is 2.05 bits per heavy atom. The lowest BCUT2D eigenvalue weighted by atomic mass is 9.62. The number of rotatable bonds is 7. The van der Waals surface area contributed by atoms with Crippen molar-refractivity contribution in [3.05, 3.63) is 0 Å². The molecule has 1 aliphatic carbocycles. The first kappa shape index (κ1) is 15.8. The molecule has 1 fully saturated rings. The molecule has 4 N–H and O–H groups in total. The third-order valence-electron chi connectivity index (χ3n) is 3.34. The summed E-state index contributed by atoms with van der Waals surface area (Å²) >= 11 is 4.98. The smallest absolute Gasteiger partial charge is 0.239 e. The van der Waals surface area contributed by atoms with Crippen molar-refractivity contribution >= 4 is 29.0 Å². The van der Waals surface area contributed by atoms with Gasteiger partial charge in [0.1, 0.15) is 0 Å². The molecule has 0 aliphatic heterocycles. The number of hydrogen-bond acceptors (Lipinski definition) is 4. The monoisotopic (exact) mass is 287 g/mol. The average Bonchev–Trinajstić information content (AvgIpc) is 2.31. The summed E-state index contributed by atoms with van der Waals surface area (Å²) in [5.41, 5.74) is 4.89. The van der Waals surface area contributed by atoms with E-state index in [1.807, 2.05) is 6.92 Å². The van der Waals surface area contributed by atoms with E-state index in [4.69, 9.17) is 22.7 Å². The summed E-state index contributed by atoms with van der Waals surface area (Å²) in [5.74, 6) is -0.0707. The minimum atomic E-state index is -0.762. The second kappa shape index (κ2) is 6.81. The van der Waals surface area contributed by atoms with Crippen molar-refractivity contribution in [2.45, 2.75) is 19.8 Å². The molecule has 1 rings (SSSR count). The molecule has 6 nitrogen and oxygen atoms in total. The molecule has 0 unspecified atom stereocenters. The molecular weight excluding hydrogens is 266 g/mol. The Kier molecular flexibility index (Phi) is 5.68. The second-order valence-corrected chi connectivity index (χ2v) is 5.43. The molecule has 0 saturated heterocycles. The van der Waals surface area contributed by atoms with Crippen LogP contribution in [-0.4, -0.2) is 43.6 Å². The molecule has 0 aromatic heterocycles. The van der Waals surface area contributed by atoms with E-state index >= 15 is 0 Å². The summed E-state index contributed by atoms with van der Waals surface area (Å²) in [6.07, 6.45) is 1.30. The van der Waals surface area contributed by atoms with E-state index in [0.29, 0.717) is 31.9 Å². The Morgan fingerprint density at radius 1 is 1.42 bits per heavy atom. The molecule has 108 valence electrons. The van der Waals surface area contributed by atoms with Gasteiger partial charge in [-0.2, -0.15) is 0 Å². The van der Waals surface area contributed by atoms with Crippen molar-refractivity contribution < 1.29 is 14.3 Å². The van der Waals surface area contributed by atoms with Crippen LogP contribution in [0.4, 0.5) is 0 Å². The van der Waals surface area contributed by atoms with Gasteiger partial charge in [0.15, 0.2) is 0 Å². The number of nitrogens with two attached hydrogens (primary N) is 1. The lowest BCUT2D eigenvalue weighted by Gasteiger charge is -2.44. The van der Waals surface area contributed by atoms with Crippen LogP contribution in [0.25, 0.3) is 0 Å². The van der Waals surface area contributed by atoms with Gasteiger partial charge in [0, 0.05) is 13.7 Å². The zero-order chi connectivity index (χ0) is 14.5. The van der Waals surface area contributed by atoms with Gasteiger partial charge in [-0.05, 0) is 18.8 Å². The Morgan fingerprint density at radius 3 is 2.53 bits per heavy atom.